The molecule has 4 aromatic rings. The summed E-state index contributed by atoms with van der Waals surface area (Å²) in [6.45, 7) is 1.39. The van der Waals surface area contributed by atoms with Crippen LogP contribution >= 0.6 is 37.2 Å². The molecule has 0 bridgehead atoms. The van der Waals surface area contributed by atoms with E-state index in [1.165, 1.54) is 11.1 Å². The maximum absolute atomic E-state index is 12.0. The predicted molar refractivity (Wildman–Crippen MR) is 149 cm³/mol. The Morgan fingerprint density at radius 1 is 0.943 bits per heavy atom. The summed E-state index contributed by atoms with van der Waals surface area (Å²) >= 11 is 0. The molecule has 35 heavy (non-hydrogen) atoms. The lowest BCUT2D eigenvalue weighted by molar-refractivity contribution is 0.306. The second kappa shape index (κ2) is 15.4. The number of para-hydroxylation sites is 1. The highest BCUT2D eigenvalue weighted by Gasteiger charge is 2.11. The van der Waals surface area contributed by atoms with Gasteiger partial charge in [0.25, 0.3) is 5.56 Å². The number of hydrogen-bond donors (Lipinski definition) is 1. The summed E-state index contributed by atoms with van der Waals surface area (Å²) in [4.78, 5) is 20.4. The van der Waals surface area contributed by atoms with Gasteiger partial charge in [-0.1, -0.05) is 18.2 Å². The van der Waals surface area contributed by atoms with Crippen LogP contribution in [0.4, 0.5) is 0 Å². The molecule has 0 saturated heterocycles. The van der Waals surface area contributed by atoms with E-state index in [0.29, 0.717) is 6.61 Å². The van der Waals surface area contributed by atoms with Crippen molar-refractivity contribution in [1.82, 2.24) is 19.9 Å². The van der Waals surface area contributed by atoms with Gasteiger partial charge in [-0.15, -0.1) is 37.2 Å². The minimum Gasteiger partial charge on any atom is -0.491 e. The summed E-state index contributed by atoms with van der Waals surface area (Å²) in [6.07, 6.45) is 10.2. The Morgan fingerprint density at radius 2 is 1.74 bits per heavy atom. The lowest BCUT2D eigenvalue weighted by Gasteiger charge is -2.19. The highest BCUT2D eigenvalue weighted by atomic mass is 35.5. The van der Waals surface area contributed by atoms with E-state index in [1.54, 1.807) is 23.9 Å². The van der Waals surface area contributed by atoms with Crippen LogP contribution in [0.15, 0.2) is 84.2 Å². The highest BCUT2D eigenvalue weighted by molar-refractivity contribution is 5.86. The first-order valence-corrected chi connectivity index (χ1v) is 11.0. The smallest absolute Gasteiger partial charge is 0.250 e. The van der Waals surface area contributed by atoms with Crippen LogP contribution in [0.1, 0.15) is 30.0 Å². The van der Waals surface area contributed by atoms with Gasteiger partial charge in [-0.2, -0.15) is 0 Å². The van der Waals surface area contributed by atoms with Crippen LogP contribution < -0.4 is 15.6 Å². The first-order chi connectivity index (χ1) is 15.7. The summed E-state index contributed by atoms with van der Waals surface area (Å²) < 4.78 is 7.69. The van der Waals surface area contributed by atoms with Crippen LogP contribution in [0.5, 0.6) is 5.75 Å². The van der Waals surface area contributed by atoms with E-state index in [-0.39, 0.29) is 48.8 Å². The Bertz CT molecular complexity index is 1210. The Labute approximate surface area is 224 Å². The number of pyridine rings is 3. The lowest BCUT2D eigenvalue weighted by Crippen LogP contribution is -2.24. The van der Waals surface area contributed by atoms with E-state index in [1.807, 2.05) is 48.9 Å². The van der Waals surface area contributed by atoms with Gasteiger partial charge < -0.3 is 14.6 Å². The van der Waals surface area contributed by atoms with Crippen LogP contribution in [-0.2, 0) is 13.5 Å². The van der Waals surface area contributed by atoms with Gasteiger partial charge in [0.05, 0.1) is 12.1 Å². The van der Waals surface area contributed by atoms with E-state index in [0.717, 1.165) is 42.5 Å². The van der Waals surface area contributed by atoms with Gasteiger partial charge in [0.15, 0.2) is 0 Å². The second-order valence-electron chi connectivity index (χ2n) is 7.81. The van der Waals surface area contributed by atoms with Crippen molar-refractivity contribution in [3.05, 3.63) is 101 Å². The number of rotatable bonds is 10. The van der Waals surface area contributed by atoms with E-state index in [4.69, 9.17) is 4.74 Å². The zero-order valence-corrected chi connectivity index (χ0v) is 22.0. The molecule has 0 spiro atoms. The number of nitrogens with zero attached hydrogens (tertiary/aromatic N) is 3. The molecule has 0 radical (unpaired) electrons. The number of aromatic nitrogens is 3. The Balaban J connectivity index is 0.00000204. The van der Waals surface area contributed by atoms with Crippen LogP contribution in [0.2, 0.25) is 0 Å². The van der Waals surface area contributed by atoms with Gasteiger partial charge in [-0.3, -0.25) is 14.8 Å². The van der Waals surface area contributed by atoms with Gasteiger partial charge >= 0.3 is 0 Å². The molecule has 9 heteroatoms. The van der Waals surface area contributed by atoms with Crippen molar-refractivity contribution in [2.75, 3.05) is 13.2 Å². The molecule has 6 nitrogen and oxygen atoms in total. The molecule has 1 aromatic carbocycles. The van der Waals surface area contributed by atoms with Crippen LogP contribution in [0, 0.1) is 0 Å². The van der Waals surface area contributed by atoms with Crippen LogP contribution in [0.25, 0.3) is 10.9 Å². The van der Waals surface area contributed by atoms with Crippen LogP contribution in [0.3, 0.4) is 0 Å². The fraction of sp³-hybridized carbons (Fsp3) is 0.269. The average Bonchev–Trinajstić information content (AvgIpc) is 2.84. The molecule has 0 aliphatic rings. The molecular formula is C26H31Cl3N4O2. The van der Waals surface area contributed by atoms with Crippen molar-refractivity contribution < 1.29 is 4.74 Å². The minimum atomic E-state index is -0.0379. The number of ether oxygens (including phenoxy) is 1. The van der Waals surface area contributed by atoms with Crippen molar-refractivity contribution in [3.63, 3.8) is 0 Å². The largest absolute Gasteiger partial charge is 0.491 e. The molecule has 4 rings (SSSR count). The van der Waals surface area contributed by atoms with Crippen molar-refractivity contribution in [2.24, 2.45) is 7.05 Å². The molecule has 0 saturated carbocycles. The Hall–Kier alpha value is -2.64. The Kier molecular flexibility index (Phi) is 13.3. The molecule has 188 valence electrons. The summed E-state index contributed by atoms with van der Waals surface area (Å²) in [5, 5.41) is 4.66. The van der Waals surface area contributed by atoms with E-state index >= 15 is 0 Å². The Morgan fingerprint density at radius 3 is 2.49 bits per heavy atom. The third-order valence-corrected chi connectivity index (χ3v) is 5.62. The molecule has 3 heterocycles. The highest BCUT2D eigenvalue weighted by Crippen LogP contribution is 2.24. The quantitative estimate of drug-likeness (QED) is 0.277. The zero-order valence-electron chi connectivity index (χ0n) is 19.5. The molecule has 0 aliphatic heterocycles. The van der Waals surface area contributed by atoms with E-state index < -0.39 is 0 Å². The zero-order chi connectivity index (χ0) is 22.2. The number of nitrogens with one attached hydrogen (secondary N) is 1. The maximum atomic E-state index is 12.0. The molecule has 1 atom stereocenters. The lowest BCUT2D eigenvalue weighted by atomic mass is 10.0. The molecular weight excluding hydrogens is 507 g/mol. The fourth-order valence-corrected chi connectivity index (χ4v) is 3.90. The topological polar surface area (TPSA) is 69.0 Å². The van der Waals surface area contributed by atoms with Gasteiger partial charge in [-0.25, -0.2) is 0 Å². The number of benzene rings is 1. The first-order valence-electron chi connectivity index (χ1n) is 11.0. The summed E-state index contributed by atoms with van der Waals surface area (Å²) in [7, 11) is 1.78. The normalized spacial score (nSPS) is 11.0. The predicted octanol–water partition coefficient (Wildman–Crippen LogP) is 5.33. The molecule has 3 aromatic heterocycles. The molecule has 1 N–H and O–H groups in total. The first kappa shape index (κ1) is 30.4. The summed E-state index contributed by atoms with van der Waals surface area (Å²) in [6, 6.07) is 17.7. The maximum Gasteiger partial charge on any atom is 0.250 e. The van der Waals surface area contributed by atoms with Gasteiger partial charge in [0.2, 0.25) is 0 Å². The monoisotopic (exact) mass is 536 g/mol. The number of hydrogen-bond acceptors (Lipinski definition) is 5. The molecule has 0 aliphatic carbocycles. The third-order valence-electron chi connectivity index (χ3n) is 5.62. The van der Waals surface area contributed by atoms with Gasteiger partial charge in [0.1, 0.15) is 5.75 Å². The minimum absolute atomic E-state index is 0. The van der Waals surface area contributed by atoms with Gasteiger partial charge in [0, 0.05) is 49.3 Å². The number of halogens is 3. The number of fused-ring (bicyclic) bond motifs is 1. The molecule has 1 unspecified atom stereocenters. The summed E-state index contributed by atoms with van der Waals surface area (Å²) in [5.74, 6) is 0.741. The van der Waals surface area contributed by atoms with Crippen LogP contribution in [-0.4, -0.2) is 27.7 Å². The fourth-order valence-electron chi connectivity index (χ4n) is 3.90. The third kappa shape index (κ3) is 8.22. The van der Waals surface area contributed by atoms with E-state index in [9.17, 15) is 4.79 Å². The second-order valence-corrected chi connectivity index (χ2v) is 7.81. The number of aryl methyl sites for hydroxylation is 2. The van der Waals surface area contributed by atoms with Gasteiger partial charge in [-0.05, 0) is 67.3 Å². The average molecular weight is 538 g/mol. The molecule has 0 fully saturated rings. The summed E-state index contributed by atoms with van der Waals surface area (Å²) in [5.41, 5.74) is 3.26. The van der Waals surface area contributed by atoms with Crippen molar-refractivity contribution in [2.45, 2.75) is 25.3 Å². The molecule has 0 amide bonds. The SMILES string of the molecule is Cl.Cl.Cl.Cn1c(=O)ccc2cccc(OCCCNC(CCc3cccnc3)c3ccncc3)c21. The van der Waals surface area contributed by atoms with E-state index in [2.05, 4.69) is 33.5 Å². The van der Waals surface area contributed by atoms with Crippen molar-refractivity contribution in [3.8, 4) is 5.75 Å². The standard InChI is InChI=1S/C26H28N4O2.3ClH/c1-30-25(31)11-9-22-6-2-7-24(26(22)30)32-18-4-15-29-23(21-12-16-27-17-13-21)10-8-20-5-3-14-28-19-20;;;/h2-3,5-7,9,11-14,16-17,19,23,29H,4,8,10,15,18H2,1H3;3*1H. The van der Waals surface area contributed by atoms with Crippen molar-refractivity contribution >= 4 is 48.1 Å². The van der Waals surface area contributed by atoms with Crippen molar-refractivity contribution in [1.29, 1.82) is 0 Å².